The predicted molar refractivity (Wildman–Crippen MR) is 94.8 cm³/mol. The van der Waals surface area contributed by atoms with Gasteiger partial charge in [-0.15, -0.1) is 0 Å². The molecule has 1 fully saturated rings. The highest BCUT2D eigenvalue weighted by molar-refractivity contribution is 6.04. The minimum atomic E-state index is -0.116. The largest absolute Gasteiger partial charge is 0.491 e. The molecule has 2 aromatic carbocycles. The van der Waals surface area contributed by atoms with Crippen LogP contribution in [0.4, 0.5) is 5.69 Å². The summed E-state index contributed by atoms with van der Waals surface area (Å²) >= 11 is 0. The fourth-order valence-corrected chi connectivity index (χ4v) is 2.73. The van der Waals surface area contributed by atoms with E-state index < -0.39 is 0 Å². The van der Waals surface area contributed by atoms with Crippen LogP contribution in [0.3, 0.4) is 0 Å². The molecular formula is C20H23NO3. The van der Waals surface area contributed by atoms with Crippen LogP contribution in [0.2, 0.25) is 0 Å². The number of rotatable bonds is 5. The Hall–Kier alpha value is -2.33. The van der Waals surface area contributed by atoms with Crippen molar-refractivity contribution in [2.75, 3.05) is 18.5 Å². The van der Waals surface area contributed by atoms with Crippen molar-refractivity contribution in [3.63, 3.8) is 0 Å². The van der Waals surface area contributed by atoms with Gasteiger partial charge in [0.1, 0.15) is 12.4 Å². The van der Waals surface area contributed by atoms with Crippen molar-refractivity contribution >= 4 is 11.6 Å². The molecule has 1 aliphatic heterocycles. The molecule has 0 bridgehead atoms. The van der Waals surface area contributed by atoms with Gasteiger partial charge < -0.3 is 14.8 Å². The van der Waals surface area contributed by atoms with E-state index >= 15 is 0 Å². The summed E-state index contributed by atoms with van der Waals surface area (Å²) in [5.41, 5.74) is 3.62. The van der Waals surface area contributed by atoms with Gasteiger partial charge in [0.25, 0.3) is 5.91 Å². The van der Waals surface area contributed by atoms with Gasteiger partial charge >= 0.3 is 0 Å². The first-order valence-electron chi connectivity index (χ1n) is 8.35. The summed E-state index contributed by atoms with van der Waals surface area (Å²) in [4.78, 5) is 12.4. The fraction of sp³-hybridized carbons (Fsp3) is 0.350. The average molecular weight is 325 g/mol. The van der Waals surface area contributed by atoms with E-state index in [4.69, 9.17) is 9.47 Å². The van der Waals surface area contributed by atoms with Gasteiger partial charge in [-0.3, -0.25) is 4.79 Å². The predicted octanol–water partition coefficient (Wildman–Crippen LogP) is 4.11. The van der Waals surface area contributed by atoms with E-state index in [9.17, 15) is 4.79 Å². The molecule has 1 aliphatic rings. The summed E-state index contributed by atoms with van der Waals surface area (Å²) in [6.07, 6.45) is 2.35. The van der Waals surface area contributed by atoms with Crippen molar-refractivity contribution in [1.82, 2.24) is 0 Å². The van der Waals surface area contributed by atoms with Crippen molar-refractivity contribution in [3.05, 3.63) is 59.2 Å². The topological polar surface area (TPSA) is 47.6 Å². The molecule has 1 amide bonds. The molecule has 1 unspecified atom stereocenters. The highest BCUT2D eigenvalue weighted by Crippen LogP contribution is 2.19. The monoisotopic (exact) mass is 325 g/mol. The summed E-state index contributed by atoms with van der Waals surface area (Å²) in [5, 5.41) is 2.96. The second-order valence-corrected chi connectivity index (χ2v) is 6.24. The third-order valence-electron chi connectivity index (χ3n) is 4.22. The average Bonchev–Trinajstić information content (AvgIpc) is 3.10. The first-order chi connectivity index (χ1) is 11.6. The lowest BCUT2D eigenvalue weighted by molar-refractivity contribution is 0.0679. The van der Waals surface area contributed by atoms with Gasteiger partial charge in [0.05, 0.1) is 6.10 Å². The molecule has 126 valence electrons. The van der Waals surface area contributed by atoms with Gasteiger partial charge in [0.15, 0.2) is 0 Å². The SMILES string of the molecule is Cc1ccc(C)c(NC(=O)c2ccc(OCC3CCCO3)cc2)c1. The van der Waals surface area contributed by atoms with E-state index in [0.29, 0.717) is 12.2 Å². The maximum absolute atomic E-state index is 12.4. The Bertz CT molecular complexity index is 703. The van der Waals surface area contributed by atoms with Crippen molar-refractivity contribution in [3.8, 4) is 5.75 Å². The molecule has 3 rings (SSSR count). The number of carbonyl (C=O) groups excluding carboxylic acids is 1. The molecule has 4 nitrogen and oxygen atoms in total. The van der Waals surface area contributed by atoms with Crippen molar-refractivity contribution in [1.29, 1.82) is 0 Å². The Morgan fingerprint density at radius 2 is 2.00 bits per heavy atom. The number of ether oxygens (including phenoxy) is 2. The van der Waals surface area contributed by atoms with E-state index in [2.05, 4.69) is 5.32 Å². The van der Waals surface area contributed by atoms with Crippen LogP contribution in [0.25, 0.3) is 0 Å². The van der Waals surface area contributed by atoms with Gasteiger partial charge in [-0.05, 0) is 68.1 Å². The molecule has 2 aromatic rings. The second kappa shape index (κ2) is 7.49. The summed E-state index contributed by atoms with van der Waals surface area (Å²) in [5.74, 6) is 0.642. The number of benzene rings is 2. The molecule has 0 aliphatic carbocycles. The van der Waals surface area contributed by atoms with E-state index in [1.807, 2.05) is 44.2 Å². The van der Waals surface area contributed by atoms with E-state index in [1.165, 1.54) is 0 Å². The smallest absolute Gasteiger partial charge is 0.255 e. The Kier molecular flexibility index (Phi) is 5.16. The highest BCUT2D eigenvalue weighted by Gasteiger charge is 2.16. The number of amides is 1. The third kappa shape index (κ3) is 4.15. The van der Waals surface area contributed by atoms with E-state index in [-0.39, 0.29) is 12.0 Å². The highest BCUT2D eigenvalue weighted by atomic mass is 16.5. The van der Waals surface area contributed by atoms with Crippen molar-refractivity contribution in [2.24, 2.45) is 0 Å². The number of aryl methyl sites for hydroxylation is 2. The van der Waals surface area contributed by atoms with Crippen LogP contribution in [0.15, 0.2) is 42.5 Å². The van der Waals surface area contributed by atoms with Crippen LogP contribution in [0.5, 0.6) is 5.75 Å². The molecule has 1 heterocycles. The lowest BCUT2D eigenvalue weighted by Crippen LogP contribution is -2.16. The van der Waals surface area contributed by atoms with Gasteiger partial charge in [-0.1, -0.05) is 12.1 Å². The molecule has 0 aromatic heterocycles. The third-order valence-corrected chi connectivity index (χ3v) is 4.22. The summed E-state index contributed by atoms with van der Waals surface area (Å²) in [7, 11) is 0. The van der Waals surface area contributed by atoms with Crippen LogP contribution >= 0.6 is 0 Å². The van der Waals surface area contributed by atoms with Crippen LogP contribution in [-0.2, 0) is 4.74 Å². The van der Waals surface area contributed by atoms with Gasteiger partial charge in [-0.2, -0.15) is 0 Å². The van der Waals surface area contributed by atoms with Crippen LogP contribution in [-0.4, -0.2) is 25.2 Å². The van der Waals surface area contributed by atoms with Crippen molar-refractivity contribution < 1.29 is 14.3 Å². The summed E-state index contributed by atoms with van der Waals surface area (Å²) < 4.78 is 11.3. The van der Waals surface area contributed by atoms with Gasteiger partial charge in [-0.25, -0.2) is 0 Å². The van der Waals surface area contributed by atoms with Crippen LogP contribution in [0.1, 0.15) is 34.3 Å². The molecule has 24 heavy (non-hydrogen) atoms. The number of nitrogens with one attached hydrogen (secondary N) is 1. The number of anilines is 1. The molecule has 0 spiro atoms. The fourth-order valence-electron chi connectivity index (χ4n) is 2.73. The number of carbonyl (C=O) groups is 1. The molecule has 1 atom stereocenters. The number of hydrogen-bond donors (Lipinski definition) is 1. The lowest BCUT2D eigenvalue weighted by Gasteiger charge is -2.12. The Balaban J connectivity index is 1.59. The maximum Gasteiger partial charge on any atom is 0.255 e. The Labute approximate surface area is 142 Å². The number of hydrogen-bond acceptors (Lipinski definition) is 3. The summed E-state index contributed by atoms with van der Waals surface area (Å²) in [6, 6.07) is 13.2. The van der Waals surface area contributed by atoms with Gasteiger partial charge in [0.2, 0.25) is 0 Å². The molecule has 0 saturated carbocycles. The Morgan fingerprint density at radius 1 is 1.21 bits per heavy atom. The molecule has 1 N–H and O–H groups in total. The quantitative estimate of drug-likeness (QED) is 0.900. The minimum Gasteiger partial charge on any atom is -0.491 e. The summed E-state index contributed by atoms with van der Waals surface area (Å²) in [6.45, 7) is 5.38. The normalized spacial score (nSPS) is 16.8. The van der Waals surface area contributed by atoms with Crippen LogP contribution < -0.4 is 10.1 Å². The molecule has 1 saturated heterocycles. The zero-order valence-corrected chi connectivity index (χ0v) is 14.2. The minimum absolute atomic E-state index is 0.116. The standard InChI is InChI=1S/C20H23NO3/c1-14-5-6-15(2)19(12-14)21-20(22)16-7-9-17(10-8-16)24-13-18-4-3-11-23-18/h5-10,12,18H,3-4,11,13H2,1-2H3,(H,21,22). The van der Waals surface area contributed by atoms with E-state index in [1.54, 1.807) is 12.1 Å². The molecule has 0 radical (unpaired) electrons. The zero-order valence-electron chi connectivity index (χ0n) is 14.2. The van der Waals surface area contributed by atoms with Gasteiger partial charge in [0, 0.05) is 17.9 Å². The molecule has 4 heteroatoms. The zero-order chi connectivity index (χ0) is 16.9. The maximum atomic E-state index is 12.4. The van der Waals surface area contributed by atoms with E-state index in [0.717, 1.165) is 42.0 Å². The first kappa shape index (κ1) is 16.5. The lowest BCUT2D eigenvalue weighted by atomic mass is 10.1. The van der Waals surface area contributed by atoms with Crippen molar-refractivity contribution in [2.45, 2.75) is 32.8 Å². The second-order valence-electron chi connectivity index (χ2n) is 6.24. The Morgan fingerprint density at radius 3 is 2.71 bits per heavy atom. The first-order valence-corrected chi connectivity index (χ1v) is 8.35. The molecular weight excluding hydrogens is 302 g/mol. The van der Waals surface area contributed by atoms with Crippen LogP contribution in [0, 0.1) is 13.8 Å².